The van der Waals surface area contributed by atoms with Crippen LogP contribution in [0.25, 0.3) is 6.08 Å². The molecule has 4 rings (SSSR count). The second-order valence-electron chi connectivity index (χ2n) is 7.94. The van der Waals surface area contributed by atoms with E-state index >= 15 is 0 Å². The minimum Gasteiger partial charge on any atom is -0.484 e. The molecule has 5 nitrogen and oxygen atoms in total. The zero-order valence-corrected chi connectivity index (χ0v) is 23.1. The Hall–Kier alpha value is -2.72. The van der Waals surface area contributed by atoms with Gasteiger partial charge in [0.25, 0.3) is 11.8 Å². The third-order valence-electron chi connectivity index (χ3n) is 5.36. The van der Waals surface area contributed by atoms with E-state index in [4.69, 9.17) is 28.6 Å². The van der Waals surface area contributed by atoms with Crippen LogP contribution in [0.5, 0.6) is 5.75 Å². The number of halogens is 3. The lowest BCUT2D eigenvalue weighted by Gasteiger charge is -2.14. The van der Waals surface area contributed by atoms with Gasteiger partial charge in [-0.2, -0.15) is 0 Å². The first-order chi connectivity index (χ1) is 17.1. The zero-order chi connectivity index (χ0) is 26.0. The molecule has 0 spiro atoms. The topological polar surface area (TPSA) is 58.6 Å². The van der Waals surface area contributed by atoms with E-state index in [-0.39, 0.29) is 23.4 Å². The van der Waals surface area contributed by atoms with Gasteiger partial charge in [-0.15, -0.1) is 0 Å². The van der Waals surface area contributed by atoms with Crippen LogP contribution in [0.1, 0.15) is 16.7 Å². The lowest BCUT2D eigenvalue weighted by atomic mass is 10.1. The lowest BCUT2D eigenvalue weighted by Crippen LogP contribution is -2.27. The molecule has 36 heavy (non-hydrogen) atoms. The molecule has 0 atom stereocenters. The number of ether oxygens (including phenoxy) is 1. The number of carbonyl (C=O) groups excluding carboxylic acids is 2. The number of hydrogen-bond donors (Lipinski definition) is 1. The van der Waals surface area contributed by atoms with Gasteiger partial charge >= 0.3 is 0 Å². The van der Waals surface area contributed by atoms with Gasteiger partial charge in [-0.1, -0.05) is 47.7 Å². The van der Waals surface area contributed by atoms with Gasteiger partial charge in [0.2, 0.25) is 0 Å². The molecule has 1 saturated heterocycles. The molecule has 3 aromatic rings. The number of thiocarbonyl (C=S) groups is 1. The highest BCUT2D eigenvalue weighted by molar-refractivity contribution is 9.10. The fraction of sp³-hybridized carbons (Fsp3) is 0.115. The van der Waals surface area contributed by atoms with Crippen molar-refractivity contribution in [2.75, 3.05) is 16.8 Å². The smallest absolute Gasteiger partial charge is 0.270 e. The second kappa shape index (κ2) is 11.1. The Balaban J connectivity index is 1.38. The molecule has 3 aromatic carbocycles. The van der Waals surface area contributed by atoms with E-state index in [1.807, 2.05) is 26.0 Å². The van der Waals surface area contributed by atoms with E-state index in [1.165, 1.54) is 23.1 Å². The number of hydrogen-bond acceptors (Lipinski definition) is 5. The van der Waals surface area contributed by atoms with Gasteiger partial charge in [-0.3, -0.25) is 14.5 Å². The molecule has 1 N–H and O–H groups in total. The number of thioether (sulfide) groups is 1. The first kappa shape index (κ1) is 26.3. The number of rotatable bonds is 6. The van der Waals surface area contributed by atoms with Crippen LogP contribution in [0.2, 0.25) is 5.02 Å². The summed E-state index contributed by atoms with van der Waals surface area (Å²) < 4.78 is 20.2. The van der Waals surface area contributed by atoms with Crippen molar-refractivity contribution in [3.05, 3.63) is 91.5 Å². The van der Waals surface area contributed by atoms with Crippen molar-refractivity contribution in [3.8, 4) is 5.75 Å². The van der Waals surface area contributed by atoms with Crippen molar-refractivity contribution in [1.29, 1.82) is 0 Å². The second-order valence-corrected chi connectivity index (χ2v) is 10.9. The van der Waals surface area contributed by atoms with Gasteiger partial charge in [-0.05, 0) is 95.0 Å². The normalized spacial score (nSPS) is 14.5. The van der Waals surface area contributed by atoms with Gasteiger partial charge in [0.15, 0.2) is 10.9 Å². The molecule has 0 saturated carbocycles. The minimum atomic E-state index is -0.570. The van der Waals surface area contributed by atoms with E-state index in [9.17, 15) is 14.0 Å². The maximum Gasteiger partial charge on any atom is 0.270 e. The number of amides is 2. The minimum absolute atomic E-state index is 0.0867. The molecule has 184 valence electrons. The van der Waals surface area contributed by atoms with Crippen molar-refractivity contribution < 1.29 is 18.7 Å². The fourth-order valence-electron chi connectivity index (χ4n) is 3.34. The Bertz CT molecular complexity index is 1410. The van der Waals surface area contributed by atoms with Crippen molar-refractivity contribution in [2.45, 2.75) is 13.8 Å². The van der Waals surface area contributed by atoms with Gasteiger partial charge in [0.1, 0.15) is 11.6 Å². The van der Waals surface area contributed by atoms with Crippen LogP contribution in [0.4, 0.5) is 15.8 Å². The summed E-state index contributed by atoms with van der Waals surface area (Å²) in [5, 5.41) is 2.75. The Morgan fingerprint density at radius 2 is 1.86 bits per heavy atom. The molecule has 0 aromatic heterocycles. The standard InChI is InChI=1S/C26H19BrClFN2O3S2/c1-14-9-19(27)22(10-15(14)2)30-24(32)13-34-18-6-3-16(4-7-18)11-23-25(33)31(26(35)36-23)17-5-8-21(29)20(28)12-17/h3-12H,13H2,1-2H3,(H,30,32)/b23-11+. The Kier molecular flexibility index (Phi) is 8.14. The molecule has 1 aliphatic rings. The largest absolute Gasteiger partial charge is 0.484 e. The van der Waals surface area contributed by atoms with Crippen LogP contribution in [-0.2, 0) is 9.59 Å². The van der Waals surface area contributed by atoms with Crippen molar-refractivity contribution in [2.24, 2.45) is 0 Å². The molecule has 0 unspecified atom stereocenters. The number of aryl methyl sites for hydroxylation is 2. The van der Waals surface area contributed by atoms with E-state index in [0.29, 0.717) is 26.3 Å². The number of benzene rings is 3. The van der Waals surface area contributed by atoms with E-state index in [2.05, 4.69) is 21.2 Å². The number of carbonyl (C=O) groups is 2. The van der Waals surface area contributed by atoms with Gasteiger partial charge < -0.3 is 10.1 Å². The first-order valence-electron chi connectivity index (χ1n) is 10.6. The van der Waals surface area contributed by atoms with Crippen LogP contribution in [-0.4, -0.2) is 22.7 Å². The zero-order valence-electron chi connectivity index (χ0n) is 19.1. The summed E-state index contributed by atoms with van der Waals surface area (Å²) in [6, 6.07) is 14.8. The molecule has 2 amide bonds. The Morgan fingerprint density at radius 1 is 1.17 bits per heavy atom. The summed E-state index contributed by atoms with van der Waals surface area (Å²) in [5.74, 6) is -0.663. The third-order valence-corrected chi connectivity index (χ3v) is 7.61. The van der Waals surface area contributed by atoms with E-state index in [0.717, 1.165) is 32.9 Å². The SMILES string of the molecule is Cc1cc(Br)c(NC(=O)COc2ccc(/C=C3/SC(=S)N(c4ccc(F)c(Cl)c4)C3=O)cc2)cc1C. The van der Waals surface area contributed by atoms with E-state index < -0.39 is 5.82 Å². The summed E-state index contributed by atoms with van der Waals surface area (Å²) in [6.07, 6.45) is 1.71. The molecule has 0 radical (unpaired) electrons. The predicted molar refractivity (Wildman–Crippen MR) is 151 cm³/mol. The summed E-state index contributed by atoms with van der Waals surface area (Å²) in [7, 11) is 0. The van der Waals surface area contributed by atoms with E-state index in [1.54, 1.807) is 30.3 Å². The molecule has 1 fully saturated rings. The van der Waals surface area contributed by atoms with Crippen molar-refractivity contribution in [1.82, 2.24) is 0 Å². The van der Waals surface area contributed by atoms with Crippen LogP contribution < -0.4 is 15.0 Å². The van der Waals surface area contributed by atoms with Gasteiger partial charge in [-0.25, -0.2) is 4.39 Å². The number of anilines is 2. The van der Waals surface area contributed by atoms with Crippen LogP contribution in [0.3, 0.4) is 0 Å². The molecule has 0 bridgehead atoms. The lowest BCUT2D eigenvalue weighted by molar-refractivity contribution is -0.118. The summed E-state index contributed by atoms with van der Waals surface area (Å²) in [5.41, 5.74) is 4.04. The molecule has 1 heterocycles. The van der Waals surface area contributed by atoms with Gasteiger partial charge in [0, 0.05) is 4.47 Å². The fourth-order valence-corrected chi connectivity index (χ4v) is 5.37. The van der Waals surface area contributed by atoms with Crippen molar-refractivity contribution >= 4 is 85.1 Å². The van der Waals surface area contributed by atoms with Gasteiger partial charge in [0.05, 0.1) is 21.3 Å². The summed E-state index contributed by atoms with van der Waals surface area (Å²) in [6.45, 7) is 3.82. The molecule has 1 aliphatic heterocycles. The summed E-state index contributed by atoms with van der Waals surface area (Å²) in [4.78, 5) is 27.0. The first-order valence-corrected chi connectivity index (χ1v) is 13.0. The van der Waals surface area contributed by atoms with Crippen LogP contribution in [0, 0.1) is 19.7 Å². The highest BCUT2D eigenvalue weighted by Gasteiger charge is 2.33. The quantitative estimate of drug-likeness (QED) is 0.236. The third kappa shape index (κ3) is 5.98. The average molecular weight is 606 g/mol. The van der Waals surface area contributed by atoms with Crippen LogP contribution in [0.15, 0.2) is 64.0 Å². The number of nitrogens with zero attached hydrogens (tertiary/aromatic N) is 1. The molecular formula is C26H19BrClFN2O3S2. The van der Waals surface area contributed by atoms with Crippen molar-refractivity contribution in [3.63, 3.8) is 0 Å². The molecular weight excluding hydrogens is 587 g/mol. The molecule has 0 aliphatic carbocycles. The maximum absolute atomic E-state index is 13.5. The molecule has 10 heteroatoms. The highest BCUT2D eigenvalue weighted by Crippen LogP contribution is 2.37. The van der Waals surface area contributed by atoms with Crippen LogP contribution >= 0.6 is 51.5 Å². The maximum atomic E-state index is 13.5. The monoisotopic (exact) mass is 604 g/mol. The predicted octanol–water partition coefficient (Wildman–Crippen LogP) is 7.28. The summed E-state index contributed by atoms with van der Waals surface area (Å²) >= 11 is 15.8. The highest BCUT2D eigenvalue weighted by atomic mass is 79.9. The Morgan fingerprint density at radius 3 is 2.56 bits per heavy atom. The average Bonchev–Trinajstić information content (AvgIpc) is 3.11. The number of nitrogens with one attached hydrogen (secondary N) is 1. The Labute approximate surface area is 230 Å².